The Hall–Kier alpha value is -3.07. The van der Waals surface area contributed by atoms with Crippen LogP contribution in [0.15, 0.2) is 40.1 Å². The minimum Gasteiger partial charge on any atom is -0.454 e. The molecule has 3 aromatic rings. The van der Waals surface area contributed by atoms with Crippen molar-refractivity contribution in [3.63, 3.8) is 0 Å². The minimum absolute atomic E-state index is 0.0260. The highest BCUT2D eigenvalue weighted by Gasteiger charge is 2.29. The van der Waals surface area contributed by atoms with Gasteiger partial charge in [-0.1, -0.05) is 0 Å². The Kier molecular flexibility index (Phi) is 4.36. The van der Waals surface area contributed by atoms with Crippen LogP contribution < -0.4 is 14.8 Å². The number of carbonyl (C=O) groups is 1. The van der Waals surface area contributed by atoms with Crippen LogP contribution in [0.3, 0.4) is 0 Å². The number of rotatable bonds is 3. The number of likely N-dealkylation sites (tertiary alicyclic amines) is 1. The van der Waals surface area contributed by atoms with Crippen molar-refractivity contribution in [2.45, 2.75) is 18.8 Å². The van der Waals surface area contributed by atoms with Gasteiger partial charge in [-0.25, -0.2) is 4.79 Å². The summed E-state index contributed by atoms with van der Waals surface area (Å²) in [5.74, 6) is 2.40. The van der Waals surface area contributed by atoms with Gasteiger partial charge in [0, 0.05) is 18.7 Å². The lowest BCUT2D eigenvalue weighted by Crippen LogP contribution is -2.41. The Morgan fingerprint density at radius 2 is 2.14 bits per heavy atom. The fourth-order valence-corrected chi connectivity index (χ4v) is 4.05. The molecule has 4 heterocycles. The van der Waals surface area contributed by atoms with Crippen molar-refractivity contribution < 1.29 is 18.7 Å². The Bertz CT molecular complexity index is 988. The standard InChI is InChI=1S/C19H18N4O4S/c24-19(20-16-4-2-8-28-16)23-7-1-3-13(10-23)18-22-21-17(27-18)12-5-6-14-15(9-12)26-11-25-14/h2,4-6,8-9,13H,1,3,7,10-11H2,(H,20,24)/t13-/m0/s1. The summed E-state index contributed by atoms with van der Waals surface area (Å²) in [5, 5.41) is 14.1. The number of fused-ring (bicyclic) bond motifs is 1. The maximum absolute atomic E-state index is 12.5. The fraction of sp³-hybridized carbons (Fsp3) is 0.316. The summed E-state index contributed by atoms with van der Waals surface area (Å²) in [4.78, 5) is 14.3. The number of urea groups is 1. The molecule has 28 heavy (non-hydrogen) atoms. The molecule has 0 unspecified atom stereocenters. The van der Waals surface area contributed by atoms with Gasteiger partial charge in [0.1, 0.15) is 0 Å². The quantitative estimate of drug-likeness (QED) is 0.719. The van der Waals surface area contributed by atoms with Crippen LogP contribution in [-0.2, 0) is 0 Å². The fourth-order valence-electron chi connectivity index (χ4n) is 3.44. The SMILES string of the molecule is O=C(Nc1cccs1)N1CCC[C@H](c2nnc(-c3ccc4c(c3)OCO4)o2)C1. The number of nitrogens with one attached hydrogen (secondary N) is 1. The number of hydrogen-bond donors (Lipinski definition) is 1. The van der Waals surface area contributed by atoms with Crippen LogP contribution in [0.5, 0.6) is 11.5 Å². The van der Waals surface area contributed by atoms with Crippen molar-refractivity contribution in [2.75, 3.05) is 25.2 Å². The van der Waals surface area contributed by atoms with E-state index in [1.165, 1.54) is 11.3 Å². The normalized spacial score (nSPS) is 18.3. The number of thiophene rings is 1. The molecule has 0 spiro atoms. The predicted molar refractivity (Wildman–Crippen MR) is 103 cm³/mol. The molecule has 9 heteroatoms. The average molecular weight is 398 g/mol. The smallest absolute Gasteiger partial charge is 0.322 e. The monoisotopic (exact) mass is 398 g/mol. The molecule has 0 aliphatic carbocycles. The third-order valence-electron chi connectivity index (χ3n) is 4.87. The van der Waals surface area contributed by atoms with E-state index in [-0.39, 0.29) is 18.7 Å². The van der Waals surface area contributed by atoms with Gasteiger partial charge in [0.05, 0.1) is 10.9 Å². The summed E-state index contributed by atoms with van der Waals surface area (Å²) >= 11 is 1.50. The zero-order valence-electron chi connectivity index (χ0n) is 15.0. The molecule has 5 rings (SSSR count). The van der Waals surface area contributed by atoms with Crippen molar-refractivity contribution >= 4 is 22.4 Å². The van der Waals surface area contributed by atoms with E-state index in [2.05, 4.69) is 15.5 Å². The first kappa shape index (κ1) is 17.1. The number of nitrogens with zero attached hydrogens (tertiary/aromatic N) is 3. The summed E-state index contributed by atoms with van der Waals surface area (Å²) < 4.78 is 16.7. The van der Waals surface area contributed by atoms with E-state index in [0.29, 0.717) is 29.8 Å². The molecule has 1 aromatic carbocycles. The number of ether oxygens (including phenoxy) is 2. The van der Waals surface area contributed by atoms with Crippen molar-refractivity contribution in [1.82, 2.24) is 15.1 Å². The van der Waals surface area contributed by atoms with E-state index in [1.807, 2.05) is 35.7 Å². The molecule has 0 bridgehead atoms. The summed E-state index contributed by atoms with van der Waals surface area (Å²) in [5.41, 5.74) is 0.783. The van der Waals surface area contributed by atoms with Crippen molar-refractivity contribution in [3.05, 3.63) is 41.6 Å². The number of carbonyl (C=O) groups excluding carboxylic acids is 1. The van der Waals surface area contributed by atoms with Gasteiger partial charge in [0.15, 0.2) is 11.5 Å². The molecule has 2 aliphatic rings. The van der Waals surface area contributed by atoms with E-state index in [9.17, 15) is 4.79 Å². The molecule has 1 fully saturated rings. The molecule has 2 aliphatic heterocycles. The number of amides is 2. The molecule has 144 valence electrons. The number of benzene rings is 1. The van der Waals surface area contributed by atoms with E-state index >= 15 is 0 Å². The number of aromatic nitrogens is 2. The van der Waals surface area contributed by atoms with Crippen molar-refractivity contribution in [1.29, 1.82) is 0 Å². The second kappa shape index (κ2) is 7.16. The summed E-state index contributed by atoms with van der Waals surface area (Å²) in [7, 11) is 0. The Labute approximate surface area is 165 Å². The van der Waals surface area contributed by atoms with E-state index in [1.54, 1.807) is 4.90 Å². The van der Waals surface area contributed by atoms with Crippen LogP contribution in [0, 0.1) is 0 Å². The summed E-state index contributed by atoms with van der Waals surface area (Å²) in [6, 6.07) is 9.24. The topological polar surface area (TPSA) is 89.7 Å². The van der Waals surface area contributed by atoms with E-state index in [0.717, 1.165) is 30.0 Å². The molecule has 2 amide bonds. The van der Waals surface area contributed by atoms with Crippen molar-refractivity contribution in [2.24, 2.45) is 0 Å². The van der Waals surface area contributed by atoms with Crippen LogP contribution in [0.2, 0.25) is 0 Å². The first-order valence-corrected chi connectivity index (χ1v) is 9.97. The Morgan fingerprint density at radius 3 is 3.04 bits per heavy atom. The van der Waals surface area contributed by atoms with Crippen LogP contribution in [0.4, 0.5) is 9.80 Å². The lowest BCUT2D eigenvalue weighted by molar-refractivity contribution is 0.174. The third-order valence-corrected chi connectivity index (χ3v) is 5.65. The van der Waals surface area contributed by atoms with Crippen LogP contribution in [0.1, 0.15) is 24.7 Å². The lowest BCUT2D eigenvalue weighted by Gasteiger charge is -2.30. The summed E-state index contributed by atoms with van der Waals surface area (Å²) in [6.45, 7) is 1.50. The second-order valence-electron chi connectivity index (χ2n) is 6.71. The van der Waals surface area contributed by atoms with Gasteiger partial charge in [-0.3, -0.25) is 5.32 Å². The highest BCUT2D eigenvalue weighted by atomic mass is 32.1. The van der Waals surface area contributed by atoms with Gasteiger partial charge >= 0.3 is 6.03 Å². The maximum atomic E-state index is 12.5. The zero-order chi connectivity index (χ0) is 18.9. The molecule has 1 saturated heterocycles. The predicted octanol–water partition coefficient (Wildman–Crippen LogP) is 3.94. The van der Waals surface area contributed by atoms with Crippen LogP contribution >= 0.6 is 11.3 Å². The van der Waals surface area contributed by atoms with Gasteiger partial charge in [-0.2, -0.15) is 0 Å². The largest absolute Gasteiger partial charge is 0.454 e. The van der Waals surface area contributed by atoms with E-state index < -0.39 is 0 Å². The van der Waals surface area contributed by atoms with Crippen LogP contribution in [0.25, 0.3) is 11.5 Å². The number of hydrogen-bond acceptors (Lipinski definition) is 7. The number of piperidine rings is 1. The molecule has 8 nitrogen and oxygen atoms in total. The second-order valence-corrected chi connectivity index (χ2v) is 7.65. The molecule has 0 saturated carbocycles. The molecule has 1 N–H and O–H groups in total. The lowest BCUT2D eigenvalue weighted by atomic mass is 9.98. The maximum Gasteiger partial charge on any atom is 0.322 e. The van der Waals surface area contributed by atoms with Gasteiger partial charge in [-0.15, -0.1) is 21.5 Å². The molecular formula is C19H18N4O4S. The molecular weight excluding hydrogens is 380 g/mol. The average Bonchev–Trinajstić information content (AvgIpc) is 3.48. The van der Waals surface area contributed by atoms with Gasteiger partial charge in [0.25, 0.3) is 0 Å². The van der Waals surface area contributed by atoms with Crippen molar-refractivity contribution in [3.8, 4) is 23.0 Å². The number of anilines is 1. The molecule has 1 atom stereocenters. The van der Waals surface area contributed by atoms with Gasteiger partial charge < -0.3 is 18.8 Å². The highest BCUT2D eigenvalue weighted by Crippen LogP contribution is 2.36. The highest BCUT2D eigenvalue weighted by molar-refractivity contribution is 7.14. The Balaban J connectivity index is 1.29. The Morgan fingerprint density at radius 1 is 1.21 bits per heavy atom. The molecule has 2 aromatic heterocycles. The van der Waals surface area contributed by atoms with Gasteiger partial charge in [0.2, 0.25) is 18.6 Å². The molecule has 0 radical (unpaired) electrons. The first-order valence-electron chi connectivity index (χ1n) is 9.09. The van der Waals surface area contributed by atoms with Crippen LogP contribution in [-0.4, -0.2) is 41.0 Å². The summed E-state index contributed by atoms with van der Waals surface area (Å²) in [6.07, 6.45) is 1.80. The zero-order valence-corrected chi connectivity index (χ0v) is 15.8. The van der Waals surface area contributed by atoms with E-state index in [4.69, 9.17) is 13.9 Å². The third kappa shape index (κ3) is 3.29. The van der Waals surface area contributed by atoms with Gasteiger partial charge in [-0.05, 0) is 48.6 Å². The minimum atomic E-state index is -0.0948. The first-order chi connectivity index (χ1) is 13.8.